The Morgan fingerprint density at radius 2 is 1.57 bits per heavy atom. The third-order valence-corrected chi connectivity index (χ3v) is 8.40. The van der Waals surface area contributed by atoms with Crippen LogP contribution in [0.5, 0.6) is 5.75 Å². The number of thioether (sulfide) groups is 1. The van der Waals surface area contributed by atoms with Crippen molar-refractivity contribution in [3.05, 3.63) is 126 Å². The zero-order valence-electron chi connectivity index (χ0n) is 21.4. The Kier molecular flexibility index (Phi) is 8.79. The van der Waals surface area contributed by atoms with Gasteiger partial charge in [-0.05, 0) is 103 Å². The lowest BCUT2D eigenvalue weighted by molar-refractivity contribution is -0.113. The molecule has 0 aromatic heterocycles. The molecule has 1 saturated heterocycles. The van der Waals surface area contributed by atoms with Gasteiger partial charge in [0.2, 0.25) is 0 Å². The van der Waals surface area contributed by atoms with Crippen LogP contribution in [0, 0.1) is 13.8 Å². The number of benzene rings is 4. The van der Waals surface area contributed by atoms with Crippen LogP contribution in [-0.2, 0) is 11.4 Å². The van der Waals surface area contributed by atoms with Gasteiger partial charge in [-0.1, -0.05) is 70.7 Å². The molecule has 0 N–H and O–H groups in total. The van der Waals surface area contributed by atoms with Crippen LogP contribution < -0.4 is 9.64 Å². The highest BCUT2D eigenvalue weighted by Gasteiger charge is 2.35. The summed E-state index contributed by atoms with van der Waals surface area (Å²) < 4.78 is 6.11. The minimum atomic E-state index is -0.248. The van der Waals surface area contributed by atoms with E-state index in [1.165, 1.54) is 11.8 Å². The minimum Gasteiger partial charge on any atom is -0.488 e. The smallest absolute Gasteiger partial charge is 0.271 e. The Morgan fingerprint density at radius 1 is 0.850 bits per heavy atom. The second kappa shape index (κ2) is 12.3. The van der Waals surface area contributed by atoms with Crippen LogP contribution in [0.1, 0.15) is 22.3 Å². The molecule has 0 spiro atoms. The van der Waals surface area contributed by atoms with E-state index in [1.807, 2.05) is 62.4 Å². The number of ether oxygens (including phenoxy) is 1. The SMILES string of the molecule is Cc1ccc(N=C2S/C(=C/c3cc(Cl)ccc3OCc3cccc(Cl)c3)C(=O)N2c2ccc(C)c(Cl)c2)cc1Cl. The Balaban J connectivity index is 1.54. The molecule has 1 fully saturated rings. The van der Waals surface area contributed by atoms with Gasteiger partial charge in [-0.3, -0.25) is 9.69 Å². The van der Waals surface area contributed by atoms with Crippen LogP contribution in [0.2, 0.25) is 20.1 Å². The molecule has 1 heterocycles. The monoisotopic (exact) mass is 626 g/mol. The van der Waals surface area contributed by atoms with Gasteiger partial charge in [0, 0.05) is 25.7 Å². The summed E-state index contributed by atoms with van der Waals surface area (Å²) in [5.74, 6) is 0.327. The maximum atomic E-state index is 13.8. The number of rotatable bonds is 6. The molecule has 4 aromatic carbocycles. The standard InChI is InChI=1S/C31H22Cl4N2O2S/c1-18-6-9-24(15-26(18)34)36-31-37(25-10-7-19(2)27(35)16-25)30(38)29(40-31)14-21-13-23(33)8-11-28(21)39-17-20-4-3-5-22(32)12-20/h3-16H,17H2,1-2H3/b29-14+,36-31?. The maximum Gasteiger partial charge on any atom is 0.271 e. The molecular formula is C31H22Cl4N2O2S. The fourth-order valence-electron chi connectivity index (χ4n) is 3.95. The predicted molar refractivity (Wildman–Crippen MR) is 170 cm³/mol. The molecule has 4 aromatic rings. The molecule has 5 rings (SSSR count). The van der Waals surface area contributed by atoms with Crippen molar-refractivity contribution in [2.45, 2.75) is 20.5 Å². The average Bonchev–Trinajstić information content (AvgIpc) is 3.21. The summed E-state index contributed by atoms with van der Waals surface area (Å²) in [5, 5.41) is 2.77. The van der Waals surface area contributed by atoms with Crippen LogP contribution in [-0.4, -0.2) is 11.1 Å². The largest absolute Gasteiger partial charge is 0.488 e. The fourth-order valence-corrected chi connectivity index (χ4v) is 5.69. The zero-order valence-corrected chi connectivity index (χ0v) is 25.3. The van der Waals surface area contributed by atoms with E-state index in [4.69, 9.17) is 56.1 Å². The lowest BCUT2D eigenvalue weighted by Crippen LogP contribution is -2.28. The van der Waals surface area contributed by atoms with Crippen molar-refractivity contribution in [3.63, 3.8) is 0 Å². The third kappa shape index (κ3) is 6.51. The molecule has 202 valence electrons. The number of hydrogen-bond donors (Lipinski definition) is 0. The topological polar surface area (TPSA) is 41.9 Å². The molecule has 0 radical (unpaired) electrons. The normalized spacial score (nSPS) is 15.3. The predicted octanol–water partition coefficient (Wildman–Crippen LogP) is 10.3. The highest BCUT2D eigenvalue weighted by molar-refractivity contribution is 8.19. The van der Waals surface area contributed by atoms with Crippen LogP contribution in [0.25, 0.3) is 6.08 Å². The van der Waals surface area contributed by atoms with Crippen LogP contribution >= 0.6 is 58.2 Å². The molecular weight excluding hydrogens is 606 g/mol. The van der Waals surface area contributed by atoms with Crippen molar-refractivity contribution in [2.24, 2.45) is 4.99 Å². The van der Waals surface area contributed by atoms with Gasteiger partial charge in [-0.2, -0.15) is 0 Å². The number of carbonyl (C=O) groups excluding carboxylic acids is 1. The second-order valence-corrected chi connectivity index (χ2v) is 11.8. The number of hydrogen-bond acceptors (Lipinski definition) is 4. The number of halogens is 4. The third-order valence-electron chi connectivity index (χ3n) is 6.14. The second-order valence-electron chi connectivity index (χ2n) is 9.11. The quantitative estimate of drug-likeness (QED) is 0.200. The van der Waals surface area contributed by atoms with E-state index in [-0.39, 0.29) is 5.91 Å². The lowest BCUT2D eigenvalue weighted by atomic mass is 10.1. The van der Waals surface area contributed by atoms with Crippen molar-refractivity contribution in [2.75, 3.05) is 4.90 Å². The highest BCUT2D eigenvalue weighted by atomic mass is 35.5. The van der Waals surface area contributed by atoms with Crippen LogP contribution in [0.4, 0.5) is 11.4 Å². The molecule has 0 unspecified atom stereocenters. The number of nitrogens with zero attached hydrogens (tertiary/aromatic N) is 2. The van der Waals surface area contributed by atoms with Crippen molar-refractivity contribution < 1.29 is 9.53 Å². The van der Waals surface area contributed by atoms with Crippen molar-refractivity contribution >= 4 is 86.7 Å². The molecule has 40 heavy (non-hydrogen) atoms. The summed E-state index contributed by atoms with van der Waals surface area (Å²) in [6.07, 6.45) is 1.76. The van der Waals surface area contributed by atoms with Gasteiger partial charge in [0.05, 0.1) is 16.3 Å². The molecule has 1 amide bonds. The van der Waals surface area contributed by atoms with Crippen LogP contribution in [0.15, 0.2) is 88.8 Å². The Bertz CT molecular complexity index is 1690. The number of anilines is 1. The molecule has 0 aliphatic carbocycles. The van der Waals surface area contributed by atoms with Crippen LogP contribution in [0.3, 0.4) is 0 Å². The molecule has 1 aliphatic heterocycles. The molecule has 9 heteroatoms. The number of carbonyl (C=O) groups is 1. The van der Waals surface area contributed by atoms with E-state index in [0.29, 0.717) is 59.5 Å². The first-order valence-electron chi connectivity index (χ1n) is 12.2. The Labute approximate surface area is 257 Å². The summed E-state index contributed by atoms with van der Waals surface area (Å²) in [6.45, 7) is 4.13. The number of aliphatic imine (C=N–C) groups is 1. The fraction of sp³-hybridized carbons (Fsp3) is 0.0968. The first kappa shape index (κ1) is 28.6. The Morgan fingerprint density at radius 3 is 2.30 bits per heavy atom. The van der Waals surface area contributed by atoms with Crippen molar-refractivity contribution in [1.29, 1.82) is 0 Å². The van der Waals surface area contributed by atoms with E-state index in [0.717, 1.165) is 16.7 Å². The molecule has 0 saturated carbocycles. The van der Waals surface area contributed by atoms with E-state index in [2.05, 4.69) is 0 Å². The number of aryl methyl sites for hydroxylation is 2. The van der Waals surface area contributed by atoms with Gasteiger partial charge >= 0.3 is 0 Å². The lowest BCUT2D eigenvalue weighted by Gasteiger charge is -2.16. The van der Waals surface area contributed by atoms with Crippen molar-refractivity contribution in [3.8, 4) is 5.75 Å². The molecule has 0 bridgehead atoms. The average molecular weight is 628 g/mol. The van der Waals surface area contributed by atoms with Gasteiger partial charge in [-0.25, -0.2) is 4.99 Å². The molecule has 4 nitrogen and oxygen atoms in total. The first-order chi connectivity index (χ1) is 19.2. The summed E-state index contributed by atoms with van der Waals surface area (Å²) in [6, 6.07) is 23.7. The van der Waals surface area contributed by atoms with E-state index >= 15 is 0 Å². The summed E-state index contributed by atoms with van der Waals surface area (Å²) in [7, 11) is 0. The zero-order chi connectivity index (χ0) is 28.4. The van der Waals surface area contributed by atoms with Gasteiger partial charge in [0.1, 0.15) is 12.4 Å². The summed E-state index contributed by atoms with van der Waals surface area (Å²) in [5.41, 5.74) is 4.66. The van der Waals surface area contributed by atoms with E-state index in [9.17, 15) is 4.79 Å². The van der Waals surface area contributed by atoms with E-state index < -0.39 is 0 Å². The number of amidine groups is 1. The Hall–Kier alpha value is -2.93. The maximum absolute atomic E-state index is 13.8. The molecule has 0 atom stereocenters. The van der Waals surface area contributed by atoms with Gasteiger partial charge in [-0.15, -0.1) is 0 Å². The van der Waals surface area contributed by atoms with Gasteiger partial charge < -0.3 is 4.74 Å². The highest BCUT2D eigenvalue weighted by Crippen LogP contribution is 2.40. The summed E-state index contributed by atoms with van der Waals surface area (Å²) >= 11 is 26.5. The minimum absolute atomic E-state index is 0.248. The summed E-state index contributed by atoms with van der Waals surface area (Å²) in [4.78, 5) is 20.6. The number of amides is 1. The van der Waals surface area contributed by atoms with Crippen molar-refractivity contribution in [1.82, 2.24) is 0 Å². The molecule has 1 aliphatic rings. The van der Waals surface area contributed by atoms with Gasteiger partial charge in [0.15, 0.2) is 5.17 Å². The first-order valence-corrected chi connectivity index (χ1v) is 14.5. The van der Waals surface area contributed by atoms with E-state index in [1.54, 1.807) is 41.3 Å². The van der Waals surface area contributed by atoms with Gasteiger partial charge in [0.25, 0.3) is 5.91 Å².